The van der Waals surface area contributed by atoms with Crippen LogP contribution in [0.3, 0.4) is 0 Å². The minimum absolute atomic E-state index is 0.101. The van der Waals surface area contributed by atoms with Gasteiger partial charge in [0.25, 0.3) is 11.8 Å². The van der Waals surface area contributed by atoms with Gasteiger partial charge in [-0.25, -0.2) is 9.18 Å². The molecule has 184 valence electrons. The van der Waals surface area contributed by atoms with Crippen molar-refractivity contribution in [2.45, 2.75) is 19.6 Å². The molecule has 0 atom stereocenters. The summed E-state index contributed by atoms with van der Waals surface area (Å²) < 4.78 is 30.2. The van der Waals surface area contributed by atoms with Crippen molar-refractivity contribution in [1.29, 1.82) is 0 Å². The molecular formula is C27H23FN2O6. The van der Waals surface area contributed by atoms with Gasteiger partial charge in [0.15, 0.2) is 11.5 Å². The van der Waals surface area contributed by atoms with Gasteiger partial charge in [-0.1, -0.05) is 18.2 Å². The van der Waals surface area contributed by atoms with E-state index in [-0.39, 0.29) is 24.5 Å². The summed E-state index contributed by atoms with van der Waals surface area (Å²) in [5, 5.41) is 2.18. The number of barbiturate groups is 1. The lowest BCUT2D eigenvalue weighted by molar-refractivity contribution is -0.130. The molecule has 0 radical (unpaired) electrons. The van der Waals surface area contributed by atoms with Crippen LogP contribution in [0.15, 0.2) is 77.4 Å². The molecule has 1 N–H and O–H groups in total. The largest absolute Gasteiger partial charge is 0.493 e. The number of amides is 4. The van der Waals surface area contributed by atoms with E-state index < -0.39 is 17.8 Å². The lowest BCUT2D eigenvalue weighted by atomic mass is 10.0. The number of hydrogen-bond acceptors (Lipinski definition) is 6. The Hall–Kier alpha value is -4.66. The van der Waals surface area contributed by atoms with Crippen molar-refractivity contribution >= 4 is 23.9 Å². The van der Waals surface area contributed by atoms with Crippen LogP contribution in [0.4, 0.5) is 9.18 Å². The topological polar surface area (TPSA) is 98.1 Å². The van der Waals surface area contributed by atoms with Crippen LogP contribution in [0.25, 0.3) is 6.08 Å². The SMILES string of the molecule is C=CCc1cc(/C=C2\C(=O)NC(=O)N(Cc3ccco3)C2=O)cc(OC)c1OCc1cccc(F)c1. The molecule has 0 unspecified atom stereocenters. The predicted molar refractivity (Wildman–Crippen MR) is 128 cm³/mol. The van der Waals surface area contributed by atoms with Gasteiger partial charge in [0, 0.05) is 5.56 Å². The molecule has 8 nitrogen and oxygen atoms in total. The van der Waals surface area contributed by atoms with E-state index in [2.05, 4.69) is 11.9 Å². The molecule has 2 aromatic carbocycles. The Kier molecular flexibility index (Phi) is 7.29. The fourth-order valence-corrected chi connectivity index (χ4v) is 3.73. The average molecular weight is 490 g/mol. The first-order valence-electron chi connectivity index (χ1n) is 11.0. The fraction of sp³-hybridized carbons (Fsp3) is 0.148. The van der Waals surface area contributed by atoms with E-state index in [0.29, 0.717) is 40.4 Å². The number of imide groups is 2. The molecule has 3 aromatic rings. The monoisotopic (exact) mass is 490 g/mol. The summed E-state index contributed by atoms with van der Waals surface area (Å²) in [5.41, 5.74) is 1.58. The zero-order chi connectivity index (χ0) is 25.7. The molecule has 1 aromatic heterocycles. The van der Waals surface area contributed by atoms with Gasteiger partial charge in [-0.15, -0.1) is 6.58 Å². The summed E-state index contributed by atoms with van der Waals surface area (Å²) >= 11 is 0. The highest BCUT2D eigenvalue weighted by Crippen LogP contribution is 2.35. The highest BCUT2D eigenvalue weighted by Gasteiger charge is 2.36. The van der Waals surface area contributed by atoms with Gasteiger partial charge >= 0.3 is 6.03 Å². The van der Waals surface area contributed by atoms with E-state index >= 15 is 0 Å². The summed E-state index contributed by atoms with van der Waals surface area (Å²) in [6.07, 6.45) is 4.87. The number of carbonyl (C=O) groups excluding carboxylic acids is 3. The maximum Gasteiger partial charge on any atom is 0.331 e. The molecule has 0 saturated carbocycles. The number of rotatable bonds is 9. The van der Waals surface area contributed by atoms with Crippen molar-refractivity contribution in [2.24, 2.45) is 0 Å². The number of nitrogens with zero attached hydrogens (tertiary/aromatic N) is 1. The molecule has 4 rings (SSSR count). The molecule has 2 heterocycles. The normalized spacial score (nSPS) is 14.7. The van der Waals surface area contributed by atoms with Gasteiger partial charge in [-0.3, -0.25) is 19.8 Å². The number of urea groups is 1. The van der Waals surface area contributed by atoms with Crippen LogP contribution in [0.5, 0.6) is 11.5 Å². The van der Waals surface area contributed by atoms with Gasteiger partial charge in [0.1, 0.15) is 23.8 Å². The van der Waals surface area contributed by atoms with E-state index in [1.54, 1.807) is 42.5 Å². The van der Waals surface area contributed by atoms with Crippen molar-refractivity contribution in [3.63, 3.8) is 0 Å². The number of carbonyl (C=O) groups is 3. The third kappa shape index (κ3) is 5.35. The molecule has 0 bridgehead atoms. The molecule has 0 spiro atoms. The Labute approximate surface area is 206 Å². The summed E-state index contributed by atoms with van der Waals surface area (Å²) in [5.74, 6) is -0.761. The summed E-state index contributed by atoms with van der Waals surface area (Å²) in [7, 11) is 1.46. The molecule has 1 fully saturated rings. The zero-order valence-electron chi connectivity index (χ0n) is 19.5. The molecule has 1 aliphatic rings. The van der Waals surface area contributed by atoms with Gasteiger partial charge in [-0.05, 0) is 60.0 Å². The van der Waals surface area contributed by atoms with Crippen LogP contribution >= 0.6 is 0 Å². The number of furan rings is 1. The Morgan fingerprint density at radius 3 is 2.67 bits per heavy atom. The van der Waals surface area contributed by atoms with Crippen LogP contribution < -0.4 is 14.8 Å². The van der Waals surface area contributed by atoms with Gasteiger partial charge in [0.05, 0.1) is 19.9 Å². The minimum Gasteiger partial charge on any atom is -0.493 e. The van der Waals surface area contributed by atoms with Crippen molar-refractivity contribution in [1.82, 2.24) is 10.2 Å². The third-order valence-corrected chi connectivity index (χ3v) is 5.40. The van der Waals surface area contributed by atoms with E-state index in [9.17, 15) is 18.8 Å². The highest BCUT2D eigenvalue weighted by atomic mass is 19.1. The lowest BCUT2D eigenvalue weighted by Crippen LogP contribution is -2.53. The Morgan fingerprint density at radius 1 is 1.14 bits per heavy atom. The predicted octanol–water partition coefficient (Wildman–Crippen LogP) is 4.40. The molecule has 36 heavy (non-hydrogen) atoms. The minimum atomic E-state index is -0.829. The van der Waals surface area contributed by atoms with Crippen LogP contribution in [0.1, 0.15) is 22.5 Å². The third-order valence-electron chi connectivity index (χ3n) is 5.40. The average Bonchev–Trinajstić information content (AvgIpc) is 3.37. The maximum absolute atomic E-state index is 13.5. The summed E-state index contributed by atoms with van der Waals surface area (Å²) in [4.78, 5) is 38.7. The van der Waals surface area contributed by atoms with E-state index in [4.69, 9.17) is 13.9 Å². The first-order valence-corrected chi connectivity index (χ1v) is 11.0. The first kappa shape index (κ1) is 24.5. The summed E-state index contributed by atoms with van der Waals surface area (Å²) in [6.45, 7) is 3.75. The van der Waals surface area contributed by atoms with Crippen molar-refractivity contribution in [2.75, 3.05) is 7.11 Å². The number of methoxy groups -OCH3 is 1. The zero-order valence-corrected chi connectivity index (χ0v) is 19.5. The molecule has 1 aliphatic heterocycles. The number of benzene rings is 2. The molecule has 0 aliphatic carbocycles. The Balaban J connectivity index is 1.65. The molecule has 4 amide bonds. The molecule has 1 saturated heterocycles. The second kappa shape index (κ2) is 10.7. The van der Waals surface area contributed by atoms with Crippen LogP contribution in [-0.4, -0.2) is 29.9 Å². The maximum atomic E-state index is 13.5. The van der Waals surface area contributed by atoms with Gasteiger partial charge in [-0.2, -0.15) is 0 Å². The second-order valence-corrected chi connectivity index (χ2v) is 7.91. The fourth-order valence-electron chi connectivity index (χ4n) is 3.73. The van der Waals surface area contributed by atoms with Crippen LogP contribution in [0, 0.1) is 5.82 Å². The number of nitrogens with one attached hydrogen (secondary N) is 1. The molecule has 9 heteroatoms. The van der Waals surface area contributed by atoms with Crippen LogP contribution in [0.2, 0.25) is 0 Å². The lowest BCUT2D eigenvalue weighted by Gasteiger charge is -2.25. The second-order valence-electron chi connectivity index (χ2n) is 7.91. The Bertz CT molecular complexity index is 1350. The Morgan fingerprint density at radius 2 is 1.97 bits per heavy atom. The number of ether oxygens (including phenoxy) is 2. The molecular weight excluding hydrogens is 467 g/mol. The van der Waals surface area contributed by atoms with E-state index in [0.717, 1.165) is 4.90 Å². The van der Waals surface area contributed by atoms with Crippen molar-refractivity contribution in [3.8, 4) is 11.5 Å². The van der Waals surface area contributed by atoms with E-state index in [1.807, 2.05) is 0 Å². The van der Waals surface area contributed by atoms with Crippen LogP contribution in [-0.2, 0) is 29.2 Å². The quantitative estimate of drug-likeness (QED) is 0.271. The van der Waals surface area contributed by atoms with Crippen molar-refractivity contribution in [3.05, 3.63) is 101 Å². The van der Waals surface area contributed by atoms with E-state index in [1.165, 1.54) is 31.6 Å². The number of allylic oxidation sites excluding steroid dienone is 1. The van der Waals surface area contributed by atoms with Gasteiger partial charge in [0.2, 0.25) is 0 Å². The van der Waals surface area contributed by atoms with Gasteiger partial charge < -0.3 is 13.9 Å². The van der Waals surface area contributed by atoms with Crippen molar-refractivity contribution < 1.29 is 32.7 Å². The first-order chi connectivity index (χ1) is 17.4. The number of halogens is 1. The standard InChI is InChI=1S/C27H23FN2O6/c1-3-6-19-11-18(14-23(34-2)24(19)36-16-17-7-4-8-20(28)12-17)13-22-25(31)29-27(33)30(26(22)32)15-21-9-5-10-35-21/h3-5,7-14H,1,6,15-16H2,2H3,(H,29,31,33)/b22-13+. The smallest absolute Gasteiger partial charge is 0.331 e. The highest BCUT2D eigenvalue weighted by molar-refractivity contribution is 6.30. The summed E-state index contributed by atoms with van der Waals surface area (Å²) in [6, 6.07) is 11.8. The number of hydrogen-bond donors (Lipinski definition) is 1.